The minimum atomic E-state index is -0.142. The first-order valence-corrected chi connectivity index (χ1v) is 7.41. The summed E-state index contributed by atoms with van der Waals surface area (Å²) < 4.78 is 1.01. The van der Waals surface area contributed by atoms with Crippen LogP contribution in [0.3, 0.4) is 0 Å². The van der Waals surface area contributed by atoms with Crippen LogP contribution in [0, 0.1) is 0 Å². The Bertz CT molecular complexity index is 582. The highest BCUT2D eigenvalue weighted by atomic mass is 35.5. The highest BCUT2D eigenvalue weighted by Gasteiger charge is 2.18. The molecule has 0 aliphatic heterocycles. The van der Waals surface area contributed by atoms with Crippen molar-refractivity contribution in [3.8, 4) is 0 Å². The van der Waals surface area contributed by atoms with Crippen LogP contribution in [0.4, 0.5) is 0 Å². The normalized spacial score (nSPS) is 12.6. The van der Waals surface area contributed by atoms with Crippen LogP contribution in [0.2, 0.25) is 5.02 Å². The summed E-state index contributed by atoms with van der Waals surface area (Å²) in [5.41, 5.74) is 0. The van der Waals surface area contributed by atoms with Crippen LogP contribution in [0.15, 0.2) is 24.3 Å². The van der Waals surface area contributed by atoms with Gasteiger partial charge in [-0.15, -0.1) is 11.3 Å². The molecule has 0 aliphatic rings. The smallest absolute Gasteiger partial charge is 0.263 e. The fraction of sp³-hybridized carbons (Fsp3) is 0.357. The zero-order valence-electron chi connectivity index (χ0n) is 10.6. The largest absolute Gasteiger partial charge is 0.396 e. The molecular formula is C14H16ClNO2S. The Morgan fingerprint density at radius 3 is 2.89 bits per heavy atom. The van der Waals surface area contributed by atoms with E-state index >= 15 is 0 Å². The molecule has 2 aromatic rings. The van der Waals surface area contributed by atoms with E-state index in [1.165, 1.54) is 11.3 Å². The van der Waals surface area contributed by atoms with Gasteiger partial charge in [-0.25, -0.2) is 0 Å². The Balaban J connectivity index is 2.15. The minimum Gasteiger partial charge on any atom is -0.396 e. The number of carbonyl (C=O) groups is 1. The Kier molecular flexibility index (Phi) is 4.80. The van der Waals surface area contributed by atoms with E-state index in [2.05, 4.69) is 5.32 Å². The lowest BCUT2D eigenvalue weighted by Crippen LogP contribution is -2.32. The van der Waals surface area contributed by atoms with E-state index in [4.69, 9.17) is 16.7 Å². The third kappa shape index (κ3) is 3.26. The molecule has 1 aromatic carbocycles. The van der Waals surface area contributed by atoms with E-state index in [0.717, 1.165) is 16.5 Å². The van der Waals surface area contributed by atoms with Crippen molar-refractivity contribution >= 4 is 38.9 Å². The standard InChI is InChI=1S/C14H16ClNO2S/c1-9(5-4-8-17)16-14(18)13-12(15)10-6-2-3-7-11(10)19-13/h2-3,6-7,9,17H,4-5,8H2,1H3,(H,16,18). The zero-order valence-corrected chi connectivity index (χ0v) is 12.2. The first-order valence-electron chi connectivity index (χ1n) is 6.22. The first-order chi connectivity index (χ1) is 9.13. The lowest BCUT2D eigenvalue weighted by Gasteiger charge is -2.12. The van der Waals surface area contributed by atoms with Crippen LogP contribution in [0.5, 0.6) is 0 Å². The number of thiophene rings is 1. The predicted molar refractivity (Wildman–Crippen MR) is 80.1 cm³/mol. The molecule has 0 saturated heterocycles. The molecule has 1 aromatic heterocycles. The van der Waals surface area contributed by atoms with E-state index in [0.29, 0.717) is 16.3 Å². The van der Waals surface area contributed by atoms with E-state index in [9.17, 15) is 4.79 Å². The molecule has 1 atom stereocenters. The van der Waals surface area contributed by atoms with Crippen molar-refractivity contribution in [3.63, 3.8) is 0 Å². The van der Waals surface area contributed by atoms with Gasteiger partial charge in [-0.3, -0.25) is 4.79 Å². The van der Waals surface area contributed by atoms with Crippen molar-refractivity contribution in [1.29, 1.82) is 0 Å². The van der Waals surface area contributed by atoms with Gasteiger partial charge in [0.05, 0.1) is 5.02 Å². The maximum atomic E-state index is 12.2. The van der Waals surface area contributed by atoms with Crippen molar-refractivity contribution in [3.05, 3.63) is 34.2 Å². The molecule has 0 saturated carbocycles. The quantitative estimate of drug-likeness (QED) is 0.888. The van der Waals surface area contributed by atoms with Crippen molar-refractivity contribution < 1.29 is 9.90 Å². The van der Waals surface area contributed by atoms with Gasteiger partial charge in [0.15, 0.2) is 0 Å². The lowest BCUT2D eigenvalue weighted by atomic mass is 10.2. The number of hydrogen-bond acceptors (Lipinski definition) is 3. The second-order valence-corrected chi connectivity index (χ2v) is 5.91. The summed E-state index contributed by atoms with van der Waals surface area (Å²) in [6, 6.07) is 7.74. The van der Waals surface area contributed by atoms with Crippen LogP contribution >= 0.6 is 22.9 Å². The Morgan fingerprint density at radius 1 is 1.47 bits per heavy atom. The molecule has 19 heavy (non-hydrogen) atoms. The number of aliphatic hydroxyl groups is 1. The van der Waals surface area contributed by atoms with Gasteiger partial charge in [0.2, 0.25) is 0 Å². The average Bonchev–Trinajstić information content (AvgIpc) is 2.74. The van der Waals surface area contributed by atoms with Crippen LogP contribution in [0.25, 0.3) is 10.1 Å². The van der Waals surface area contributed by atoms with Gasteiger partial charge in [-0.05, 0) is 25.8 Å². The third-order valence-electron chi connectivity index (χ3n) is 2.91. The molecule has 1 amide bonds. The number of amides is 1. The van der Waals surface area contributed by atoms with Gasteiger partial charge in [0.1, 0.15) is 4.88 Å². The summed E-state index contributed by atoms with van der Waals surface area (Å²) in [5, 5.41) is 13.1. The third-order valence-corrected chi connectivity index (χ3v) is 4.59. The van der Waals surface area contributed by atoms with Crippen LogP contribution in [-0.2, 0) is 0 Å². The van der Waals surface area contributed by atoms with Crippen molar-refractivity contribution in [1.82, 2.24) is 5.32 Å². The number of carbonyl (C=O) groups excluding carboxylic acids is 1. The summed E-state index contributed by atoms with van der Waals surface area (Å²) in [6.45, 7) is 2.07. The van der Waals surface area contributed by atoms with Gasteiger partial charge in [-0.2, -0.15) is 0 Å². The second-order valence-electron chi connectivity index (χ2n) is 4.48. The van der Waals surface area contributed by atoms with E-state index in [1.807, 2.05) is 31.2 Å². The molecule has 2 N–H and O–H groups in total. The first kappa shape index (κ1) is 14.3. The Hall–Kier alpha value is -1.10. The summed E-state index contributed by atoms with van der Waals surface area (Å²) in [7, 11) is 0. The molecule has 2 rings (SSSR count). The molecule has 5 heteroatoms. The summed E-state index contributed by atoms with van der Waals surface area (Å²) >= 11 is 7.65. The van der Waals surface area contributed by atoms with Crippen molar-refractivity contribution in [2.24, 2.45) is 0 Å². The van der Waals surface area contributed by atoms with Gasteiger partial charge in [0, 0.05) is 22.7 Å². The Labute approximate surface area is 121 Å². The molecule has 0 fully saturated rings. The molecule has 0 bridgehead atoms. The maximum absolute atomic E-state index is 12.2. The fourth-order valence-electron chi connectivity index (χ4n) is 1.92. The number of rotatable bonds is 5. The van der Waals surface area contributed by atoms with E-state index in [-0.39, 0.29) is 18.6 Å². The summed E-state index contributed by atoms with van der Waals surface area (Å²) in [6.07, 6.45) is 1.44. The highest BCUT2D eigenvalue weighted by Crippen LogP contribution is 2.35. The monoisotopic (exact) mass is 297 g/mol. The molecular weight excluding hydrogens is 282 g/mol. The van der Waals surface area contributed by atoms with Crippen molar-refractivity contribution in [2.45, 2.75) is 25.8 Å². The number of aliphatic hydroxyl groups excluding tert-OH is 1. The topological polar surface area (TPSA) is 49.3 Å². The zero-order chi connectivity index (χ0) is 13.8. The van der Waals surface area contributed by atoms with Crippen LogP contribution in [-0.4, -0.2) is 23.7 Å². The molecule has 0 aliphatic carbocycles. The maximum Gasteiger partial charge on any atom is 0.263 e. The molecule has 1 unspecified atom stereocenters. The minimum absolute atomic E-state index is 0.0286. The molecule has 102 valence electrons. The molecule has 3 nitrogen and oxygen atoms in total. The number of halogens is 1. The van der Waals surface area contributed by atoms with Crippen LogP contribution < -0.4 is 5.32 Å². The average molecular weight is 298 g/mol. The number of fused-ring (bicyclic) bond motifs is 1. The second kappa shape index (κ2) is 6.37. The summed E-state index contributed by atoms with van der Waals surface area (Å²) in [5.74, 6) is -0.142. The lowest BCUT2D eigenvalue weighted by molar-refractivity contribution is 0.0940. The van der Waals surface area contributed by atoms with E-state index < -0.39 is 0 Å². The Morgan fingerprint density at radius 2 is 2.21 bits per heavy atom. The summed E-state index contributed by atoms with van der Waals surface area (Å²) in [4.78, 5) is 12.7. The van der Waals surface area contributed by atoms with Crippen LogP contribution in [0.1, 0.15) is 29.4 Å². The molecule has 1 heterocycles. The fourth-order valence-corrected chi connectivity index (χ4v) is 3.34. The van der Waals surface area contributed by atoms with Gasteiger partial charge >= 0.3 is 0 Å². The number of nitrogens with one attached hydrogen (secondary N) is 1. The molecule has 0 radical (unpaired) electrons. The number of hydrogen-bond donors (Lipinski definition) is 2. The van der Waals surface area contributed by atoms with Gasteiger partial charge in [-0.1, -0.05) is 29.8 Å². The number of benzene rings is 1. The van der Waals surface area contributed by atoms with Gasteiger partial charge in [0.25, 0.3) is 5.91 Å². The SMILES string of the molecule is CC(CCCO)NC(=O)c1sc2ccccc2c1Cl. The molecule has 0 spiro atoms. The van der Waals surface area contributed by atoms with E-state index in [1.54, 1.807) is 0 Å². The van der Waals surface area contributed by atoms with Gasteiger partial charge < -0.3 is 10.4 Å². The predicted octanol–water partition coefficient (Wildman–Crippen LogP) is 3.45. The van der Waals surface area contributed by atoms with Crippen molar-refractivity contribution in [2.75, 3.05) is 6.61 Å². The highest BCUT2D eigenvalue weighted by molar-refractivity contribution is 7.21.